The van der Waals surface area contributed by atoms with Gasteiger partial charge in [0.2, 0.25) is 5.91 Å². The van der Waals surface area contributed by atoms with E-state index in [-0.39, 0.29) is 11.9 Å². The number of nitrogens with one attached hydrogen (secondary N) is 1. The number of likely N-dealkylation sites (tertiary alicyclic amines) is 1. The zero-order valence-electron chi connectivity index (χ0n) is 20.2. The number of hydrogen-bond donors (Lipinski definition) is 1. The molecule has 0 aromatic heterocycles. The van der Waals surface area contributed by atoms with Gasteiger partial charge in [0, 0.05) is 25.3 Å². The number of rotatable bonds is 6. The molecule has 3 fully saturated rings. The summed E-state index contributed by atoms with van der Waals surface area (Å²) in [4.78, 5) is 32.0. The van der Waals surface area contributed by atoms with Gasteiger partial charge in [-0.3, -0.25) is 4.79 Å². The quantitative estimate of drug-likeness (QED) is 0.681. The topological polar surface area (TPSA) is 55.9 Å². The lowest BCUT2D eigenvalue weighted by atomic mass is 9.94. The molecular weight excluding hydrogens is 424 g/mol. The number of carbonyl (C=O) groups is 2. The molecule has 1 aliphatic carbocycles. The van der Waals surface area contributed by atoms with Gasteiger partial charge in [-0.1, -0.05) is 42.5 Å². The van der Waals surface area contributed by atoms with E-state index >= 15 is 0 Å². The summed E-state index contributed by atoms with van der Waals surface area (Å²) in [7, 11) is 0. The Morgan fingerprint density at radius 2 is 1.56 bits per heavy atom. The maximum atomic E-state index is 13.0. The zero-order chi connectivity index (χ0) is 23.5. The highest BCUT2D eigenvalue weighted by atomic mass is 16.2. The number of anilines is 1. The van der Waals surface area contributed by atoms with Crippen molar-refractivity contribution in [3.8, 4) is 11.1 Å². The minimum absolute atomic E-state index is 0.0522. The Morgan fingerprint density at radius 1 is 0.882 bits per heavy atom. The maximum Gasteiger partial charge on any atom is 0.322 e. The van der Waals surface area contributed by atoms with E-state index in [0.29, 0.717) is 18.5 Å². The summed E-state index contributed by atoms with van der Waals surface area (Å²) in [6.45, 7) is 7.28. The molecule has 2 aromatic rings. The summed E-state index contributed by atoms with van der Waals surface area (Å²) in [5, 5.41) is 2.96. The average molecular weight is 461 g/mol. The monoisotopic (exact) mass is 460 g/mol. The van der Waals surface area contributed by atoms with E-state index < -0.39 is 6.04 Å². The van der Waals surface area contributed by atoms with Crippen LogP contribution in [-0.4, -0.2) is 71.9 Å². The van der Waals surface area contributed by atoms with Crippen LogP contribution in [0.3, 0.4) is 0 Å². The first kappa shape index (κ1) is 22.9. The Balaban J connectivity index is 1.08. The number of amides is 3. The fraction of sp³-hybridized carbons (Fsp3) is 0.500. The predicted molar refractivity (Wildman–Crippen MR) is 136 cm³/mol. The van der Waals surface area contributed by atoms with Crippen molar-refractivity contribution in [2.24, 2.45) is 5.41 Å². The first-order chi connectivity index (χ1) is 16.5. The third kappa shape index (κ3) is 5.12. The molecule has 1 N–H and O–H groups in total. The predicted octanol–water partition coefficient (Wildman–Crippen LogP) is 4.68. The van der Waals surface area contributed by atoms with Gasteiger partial charge in [-0.05, 0) is 87.3 Å². The molecule has 1 spiro atoms. The van der Waals surface area contributed by atoms with Crippen molar-refractivity contribution in [2.75, 3.05) is 44.6 Å². The standard InChI is InChI=1S/C28H36N4O2/c1-22-26(33)31(17-5-16-30-18-14-28(12-13-28)15-19-30)20-21-32(22)27(34)29-25-10-8-24(9-11-25)23-6-3-2-4-7-23/h2-4,6-11,22H,5,12-21H2,1H3,(H,29,34). The number of nitrogens with zero attached hydrogens (tertiary/aromatic N) is 3. The Kier molecular flexibility index (Phi) is 6.59. The number of carbonyl (C=O) groups excluding carboxylic acids is 2. The van der Waals surface area contributed by atoms with Crippen molar-refractivity contribution >= 4 is 17.6 Å². The van der Waals surface area contributed by atoms with Crippen molar-refractivity contribution in [1.82, 2.24) is 14.7 Å². The summed E-state index contributed by atoms with van der Waals surface area (Å²) in [6, 6.07) is 17.3. The normalized spacial score (nSPS) is 22.1. The Morgan fingerprint density at radius 3 is 2.24 bits per heavy atom. The number of piperidine rings is 1. The van der Waals surface area contributed by atoms with Crippen molar-refractivity contribution in [3.05, 3.63) is 54.6 Å². The largest absolute Gasteiger partial charge is 0.339 e. The zero-order valence-corrected chi connectivity index (χ0v) is 20.2. The third-order valence-electron chi connectivity index (χ3n) is 8.03. The molecule has 6 nitrogen and oxygen atoms in total. The molecule has 2 saturated heterocycles. The highest BCUT2D eigenvalue weighted by molar-refractivity contribution is 5.94. The van der Waals surface area contributed by atoms with Gasteiger partial charge in [-0.15, -0.1) is 0 Å². The Hall–Kier alpha value is -2.86. The summed E-state index contributed by atoms with van der Waals surface area (Å²) in [5.41, 5.74) is 3.69. The second kappa shape index (κ2) is 9.79. The molecule has 180 valence electrons. The molecule has 6 heteroatoms. The van der Waals surface area contributed by atoms with Crippen LogP contribution in [0, 0.1) is 5.41 Å². The number of piperazine rings is 1. The molecule has 2 aliphatic heterocycles. The van der Waals surface area contributed by atoms with Crippen LogP contribution in [0.2, 0.25) is 0 Å². The summed E-state index contributed by atoms with van der Waals surface area (Å²) >= 11 is 0. The highest BCUT2D eigenvalue weighted by Gasteiger charge is 2.44. The van der Waals surface area contributed by atoms with Gasteiger partial charge in [-0.2, -0.15) is 0 Å². The highest BCUT2D eigenvalue weighted by Crippen LogP contribution is 2.53. The van der Waals surface area contributed by atoms with Crippen molar-refractivity contribution < 1.29 is 9.59 Å². The van der Waals surface area contributed by atoms with Gasteiger partial charge in [-0.25, -0.2) is 4.79 Å². The molecule has 34 heavy (non-hydrogen) atoms. The molecule has 2 heterocycles. The fourth-order valence-corrected chi connectivity index (χ4v) is 5.41. The average Bonchev–Trinajstić information content (AvgIpc) is 3.63. The van der Waals surface area contributed by atoms with Gasteiger partial charge < -0.3 is 20.0 Å². The molecule has 1 atom stereocenters. The Labute approximate surface area is 202 Å². The van der Waals surface area contributed by atoms with Gasteiger partial charge in [0.25, 0.3) is 0 Å². The van der Waals surface area contributed by atoms with Gasteiger partial charge in [0.1, 0.15) is 6.04 Å². The molecule has 1 saturated carbocycles. The van der Waals surface area contributed by atoms with Gasteiger partial charge in [0.05, 0.1) is 0 Å². The van der Waals surface area contributed by atoms with E-state index in [4.69, 9.17) is 0 Å². The summed E-state index contributed by atoms with van der Waals surface area (Å²) in [6.07, 6.45) is 6.58. The van der Waals surface area contributed by atoms with E-state index in [1.165, 1.54) is 38.8 Å². The van der Waals surface area contributed by atoms with E-state index in [1.807, 2.05) is 54.3 Å². The molecule has 3 amide bonds. The van der Waals surface area contributed by atoms with E-state index in [1.54, 1.807) is 4.90 Å². The number of urea groups is 1. The third-order valence-corrected chi connectivity index (χ3v) is 8.03. The smallest absolute Gasteiger partial charge is 0.322 e. The summed E-state index contributed by atoms with van der Waals surface area (Å²) < 4.78 is 0. The molecule has 2 aromatic carbocycles. The van der Waals surface area contributed by atoms with E-state index in [2.05, 4.69) is 22.3 Å². The summed E-state index contributed by atoms with van der Waals surface area (Å²) in [5.74, 6) is 0.0522. The van der Waals surface area contributed by atoms with E-state index in [9.17, 15) is 9.59 Å². The van der Waals surface area contributed by atoms with Crippen LogP contribution in [0.5, 0.6) is 0 Å². The lowest BCUT2D eigenvalue weighted by Crippen LogP contribution is -2.58. The molecule has 1 unspecified atom stereocenters. The second-order valence-electron chi connectivity index (χ2n) is 10.3. The molecular formula is C28H36N4O2. The van der Waals surface area contributed by atoms with Crippen LogP contribution in [0.4, 0.5) is 10.5 Å². The van der Waals surface area contributed by atoms with Crippen LogP contribution in [0.15, 0.2) is 54.6 Å². The number of benzene rings is 2. The first-order valence-electron chi connectivity index (χ1n) is 12.8. The SMILES string of the molecule is CC1C(=O)N(CCCN2CCC3(CC2)CC3)CCN1C(=O)Nc1ccc(-c2ccccc2)cc1. The molecule has 5 rings (SSSR count). The maximum absolute atomic E-state index is 13.0. The minimum Gasteiger partial charge on any atom is -0.339 e. The van der Waals surface area contributed by atoms with Crippen molar-refractivity contribution in [2.45, 2.75) is 45.1 Å². The van der Waals surface area contributed by atoms with Crippen molar-refractivity contribution in [1.29, 1.82) is 0 Å². The first-order valence-corrected chi connectivity index (χ1v) is 12.8. The minimum atomic E-state index is -0.443. The lowest BCUT2D eigenvalue weighted by molar-refractivity contribution is -0.139. The fourth-order valence-electron chi connectivity index (χ4n) is 5.41. The van der Waals surface area contributed by atoms with Crippen LogP contribution < -0.4 is 5.32 Å². The van der Waals surface area contributed by atoms with Crippen LogP contribution in [0.1, 0.15) is 39.0 Å². The second-order valence-corrected chi connectivity index (χ2v) is 10.3. The van der Waals surface area contributed by atoms with E-state index in [0.717, 1.165) is 36.3 Å². The van der Waals surface area contributed by atoms with Crippen LogP contribution in [-0.2, 0) is 4.79 Å². The van der Waals surface area contributed by atoms with Crippen LogP contribution >= 0.6 is 0 Å². The molecule has 0 bridgehead atoms. The lowest BCUT2D eigenvalue weighted by Gasteiger charge is -2.39. The van der Waals surface area contributed by atoms with Crippen LogP contribution in [0.25, 0.3) is 11.1 Å². The van der Waals surface area contributed by atoms with Gasteiger partial charge in [0.15, 0.2) is 0 Å². The van der Waals surface area contributed by atoms with Gasteiger partial charge >= 0.3 is 6.03 Å². The molecule has 0 radical (unpaired) electrons. The van der Waals surface area contributed by atoms with Crippen molar-refractivity contribution in [3.63, 3.8) is 0 Å². The molecule has 3 aliphatic rings. The number of hydrogen-bond acceptors (Lipinski definition) is 3. The Bertz CT molecular complexity index is 993.